The summed E-state index contributed by atoms with van der Waals surface area (Å²) >= 11 is 7.33. The number of anilines is 1. The molecule has 0 unspecified atom stereocenters. The summed E-state index contributed by atoms with van der Waals surface area (Å²) in [6.07, 6.45) is 5.06. The van der Waals surface area contributed by atoms with Gasteiger partial charge in [-0.2, -0.15) is 4.37 Å². The van der Waals surface area contributed by atoms with Gasteiger partial charge in [-0.05, 0) is 24.4 Å². The average molecular weight is 203 g/mol. The van der Waals surface area contributed by atoms with Crippen LogP contribution in [-0.2, 0) is 0 Å². The summed E-state index contributed by atoms with van der Waals surface area (Å²) < 4.78 is 4.28. The zero-order valence-electron chi connectivity index (χ0n) is 6.72. The second-order valence-electron chi connectivity index (χ2n) is 3.23. The summed E-state index contributed by atoms with van der Waals surface area (Å²) in [6.45, 7) is 0. The number of rotatable bonds is 1. The van der Waals surface area contributed by atoms with Gasteiger partial charge in [0.25, 0.3) is 0 Å². The first-order chi connectivity index (χ1) is 5.79. The third-order valence-corrected chi connectivity index (χ3v) is 3.62. The van der Waals surface area contributed by atoms with Gasteiger partial charge in [0.15, 0.2) is 0 Å². The Hall–Kier alpha value is -0.280. The van der Waals surface area contributed by atoms with Gasteiger partial charge in [0.05, 0.1) is 10.7 Å². The van der Waals surface area contributed by atoms with E-state index in [0.29, 0.717) is 15.9 Å². The molecule has 12 heavy (non-hydrogen) atoms. The van der Waals surface area contributed by atoms with Gasteiger partial charge in [-0.25, -0.2) is 0 Å². The summed E-state index contributed by atoms with van der Waals surface area (Å²) in [5, 5.41) is 1.37. The molecule has 66 valence electrons. The van der Waals surface area contributed by atoms with E-state index in [1.165, 1.54) is 37.2 Å². The number of hydrogen-bond acceptors (Lipinski definition) is 3. The van der Waals surface area contributed by atoms with Crippen LogP contribution in [0.4, 0.5) is 5.00 Å². The first kappa shape index (κ1) is 8.32. The Bertz CT molecular complexity index is 279. The third kappa shape index (κ3) is 1.31. The topological polar surface area (TPSA) is 38.9 Å². The second kappa shape index (κ2) is 3.23. The molecule has 0 spiro atoms. The van der Waals surface area contributed by atoms with Crippen molar-refractivity contribution in [3.8, 4) is 0 Å². The molecule has 0 saturated heterocycles. The van der Waals surface area contributed by atoms with Gasteiger partial charge in [0.1, 0.15) is 5.00 Å². The van der Waals surface area contributed by atoms with E-state index in [4.69, 9.17) is 17.3 Å². The predicted molar refractivity (Wildman–Crippen MR) is 52.7 cm³/mol. The van der Waals surface area contributed by atoms with Crippen LogP contribution in [0.15, 0.2) is 0 Å². The van der Waals surface area contributed by atoms with Gasteiger partial charge in [-0.15, -0.1) is 0 Å². The summed E-state index contributed by atoms with van der Waals surface area (Å²) in [6, 6.07) is 0. The van der Waals surface area contributed by atoms with Crippen molar-refractivity contribution in [3.63, 3.8) is 0 Å². The van der Waals surface area contributed by atoms with E-state index < -0.39 is 0 Å². The molecule has 2 nitrogen and oxygen atoms in total. The maximum atomic E-state index is 6.01. The lowest BCUT2D eigenvalue weighted by atomic mass is 10.0. The van der Waals surface area contributed by atoms with Crippen LogP contribution < -0.4 is 5.73 Å². The van der Waals surface area contributed by atoms with Crippen molar-refractivity contribution in [2.75, 3.05) is 5.73 Å². The lowest BCUT2D eigenvalue weighted by Gasteiger charge is -2.04. The number of halogens is 1. The molecule has 0 aromatic carbocycles. The van der Waals surface area contributed by atoms with Gasteiger partial charge >= 0.3 is 0 Å². The zero-order valence-corrected chi connectivity index (χ0v) is 8.29. The van der Waals surface area contributed by atoms with Gasteiger partial charge in [-0.3, -0.25) is 0 Å². The molecule has 0 aliphatic heterocycles. The third-order valence-electron chi connectivity index (χ3n) is 2.43. The standard InChI is InChI=1S/C8H11ClN2S/c9-6-7(11-12-8(6)10)5-3-1-2-4-5/h5H,1-4,10H2. The fraction of sp³-hybridized carbons (Fsp3) is 0.625. The number of aromatic nitrogens is 1. The summed E-state index contributed by atoms with van der Waals surface area (Å²) in [7, 11) is 0. The van der Waals surface area contributed by atoms with E-state index in [1.807, 2.05) is 0 Å². The maximum Gasteiger partial charge on any atom is 0.126 e. The van der Waals surface area contributed by atoms with E-state index in [9.17, 15) is 0 Å². The van der Waals surface area contributed by atoms with Gasteiger partial charge in [-0.1, -0.05) is 24.4 Å². The number of nitrogen functional groups attached to an aromatic ring is 1. The molecule has 1 saturated carbocycles. The highest BCUT2D eigenvalue weighted by atomic mass is 35.5. The van der Waals surface area contributed by atoms with E-state index in [1.54, 1.807) is 0 Å². The highest BCUT2D eigenvalue weighted by molar-refractivity contribution is 7.10. The molecule has 2 N–H and O–H groups in total. The molecule has 4 heteroatoms. The first-order valence-corrected chi connectivity index (χ1v) is 5.34. The molecule has 1 fully saturated rings. The maximum absolute atomic E-state index is 6.01. The fourth-order valence-corrected chi connectivity index (χ4v) is 2.73. The smallest absolute Gasteiger partial charge is 0.126 e. The lowest BCUT2D eigenvalue weighted by Crippen LogP contribution is -1.92. The van der Waals surface area contributed by atoms with E-state index >= 15 is 0 Å². The van der Waals surface area contributed by atoms with Crippen molar-refractivity contribution in [1.29, 1.82) is 0 Å². The minimum absolute atomic E-state index is 0.575. The van der Waals surface area contributed by atoms with Crippen molar-refractivity contribution in [3.05, 3.63) is 10.7 Å². The monoisotopic (exact) mass is 202 g/mol. The van der Waals surface area contributed by atoms with Crippen LogP contribution in [0, 0.1) is 0 Å². The fourth-order valence-electron chi connectivity index (χ4n) is 1.76. The zero-order chi connectivity index (χ0) is 8.55. The highest BCUT2D eigenvalue weighted by Gasteiger charge is 2.23. The van der Waals surface area contributed by atoms with Crippen LogP contribution in [0.5, 0.6) is 0 Å². The van der Waals surface area contributed by atoms with Crippen molar-refractivity contribution >= 4 is 28.1 Å². The molecular formula is C8H11ClN2S. The molecule has 1 aliphatic carbocycles. The molecule has 1 heterocycles. The van der Waals surface area contributed by atoms with E-state index in [2.05, 4.69) is 4.37 Å². The molecule has 1 aromatic rings. The minimum atomic E-state index is 0.575. The van der Waals surface area contributed by atoms with E-state index in [-0.39, 0.29) is 0 Å². The summed E-state index contributed by atoms with van der Waals surface area (Å²) in [4.78, 5) is 0. The Labute approximate surface area is 80.9 Å². The van der Waals surface area contributed by atoms with Crippen LogP contribution in [-0.4, -0.2) is 4.37 Å². The van der Waals surface area contributed by atoms with Crippen molar-refractivity contribution in [2.24, 2.45) is 0 Å². The van der Waals surface area contributed by atoms with Crippen molar-refractivity contribution in [2.45, 2.75) is 31.6 Å². The molecular weight excluding hydrogens is 192 g/mol. The average Bonchev–Trinajstić information content (AvgIpc) is 2.64. The van der Waals surface area contributed by atoms with Crippen molar-refractivity contribution < 1.29 is 0 Å². The Morgan fingerprint density at radius 2 is 2.08 bits per heavy atom. The van der Waals surface area contributed by atoms with Gasteiger partial charge in [0.2, 0.25) is 0 Å². The molecule has 0 radical (unpaired) electrons. The number of hydrogen-bond donors (Lipinski definition) is 1. The molecule has 1 aromatic heterocycles. The Balaban J connectivity index is 2.26. The van der Waals surface area contributed by atoms with Crippen LogP contribution in [0.25, 0.3) is 0 Å². The van der Waals surface area contributed by atoms with Gasteiger partial charge in [0, 0.05) is 5.92 Å². The largest absolute Gasteiger partial charge is 0.388 e. The number of nitrogens with zero attached hydrogens (tertiary/aromatic N) is 1. The molecule has 2 rings (SSSR count). The predicted octanol–water partition coefficient (Wildman–Crippen LogP) is 3.04. The SMILES string of the molecule is Nc1snc(C2CCCC2)c1Cl. The molecule has 0 bridgehead atoms. The van der Waals surface area contributed by atoms with E-state index in [0.717, 1.165) is 5.69 Å². The quantitative estimate of drug-likeness (QED) is 0.761. The molecule has 0 atom stereocenters. The highest BCUT2D eigenvalue weighted by Crippen LogP contribution is 2.40. The van der Waals surface area contributed by atoms with Crippen LogP contribution in [0.2, 0.25) is 5.02 Å². The minimum Gasteiger partial charge on any atom is -0.388 e. The van der Waals surface area contributed by atoms with Gasteiger partial charge < -0.3 is 5.73 Å². The van der Waals surface area contributed by atoms with Crippen LogP contribution >= 0.6 is 23.1 Å². The van der Waals surface area contributed by atoms with Crippen LogP contribution in [0.1, 0.15) is 37.3 Å². The Kier molecular flexibility index (Phi) is 2.24. The molecule has 1 aliphatic rings. The lowest BCUT2D eigenvalue weighted by molar-refractivity contribution is 0.707. The number of nitrogens with two attached hydrogens (primary N) is 1. The second-order valence-corrected chi connectivity index (χ2v) is 4.41. The first-order valence-electron chi connectivity index (χ1n) is 4.19. The Morgan fingerprint density at radius 3 is 2.58 bits per heavy atom. The molecule has 0 amide bonds. The summed E-state index contributed by atoms with van der Waals surface area (Å²) in [5.74, 6) is 0.575. The normalized spacial score (nSPS) is 18.8. The van der Waals surface area contributed by atoms with Crippen molar-refractivity contribution in [1.82, 2.24) is 4.37 Å². The summed E-state index contributed by atoms with van der Waals surface area (Å²) in [5.41, 5.74) is 6.67. The van der Waals surface area contributed by atoms with Crippen LogP contribution in [0.3, 0.4) is 0 Å². The Morgan fingerprint density at radius 1 is 1.42 bits per heavy atom.